The van der Waals surface area contributed by atoms with Crippen LogP contribution in [0.25, 0.3) is 5.57 Å². The summed E-state index contributed by atoms with van der Waals surface area (Å²) >= 11 is 0. The van der Waals surface area contributed by atoms with Crippen molar-refractivity contribution in [3.05, 3.63) is 29.6 Å². The van der Waals surface area contributed by atoms with Crippen molar-refractivity contribution in [2.24, 2.45) is 21.8 Å². The normalized spacial score (nSPS) is 28.3. The van der Waals surface area contributed by atoms with Gasteiger partial charge in [0.05, 0.1) is 25.0 Å². The molecule has 4 rings (SSSR count). The highest BCUT2D eigenvalue weighted by molar-refractivity contribution is 6.01. The minimum atomic E-state index is 0.313. The fourth-order valence-electron chi connectivity index (χ4n) is 4.42. The van der Waals surface area contributed by atoms with Crippen LogP contribution in [0.5, 0.6) is 0 Å². The molecule has 27 heavy (non-hydrogen) atoms. The number of rotatable bonds is 3. The fourth-order valence-corrected chi connectivity index (χ4v) is 4.42. The Bertz CT molecular complexity index is 848. The molecule has 2 aliphatic heterocycles. The first-order valence-electron chi connectivity index (χ1n) is 9.72. The molecule has 0 saturated carbocycles. The van der Waals surface area contributed by atoms with Crippen LogP contribution < -0.4 is 0 Å². The lowest BCUT2D eigenvalue weighted by atomic mass is 9.79. The lowest BCUT2D eigenvalue weighted by molar-refractivity contribution is 0.325. The van der Waals surface area contributed by atoms with Crippen LogP contribution in [0.2, 0.25) is 0 Å². The first-order valence-corrected chi connectivity index (χ1v) is 9.72. The van der Waals surface area contributed by atoms with Crippen molar-refractivity contribution in [3.8, 4) is 0 Å². The molecule has 7 nitrogen and oxygen atoms in total. The number of aromatic nitrogens is 2. The zero-order valence-corrected chi connectivity index (χ0v) is 16.8. The van der Waals surface area contributed by atoms with Gasteiger partial charge in [0.2, 0.25) is 0 Å². The van der Waals surface area contributed by atoms with Crippen molar-refractivity contribution >= 4 is 17.1 Å². The van der Waals surface area contributed by atoms with E-state index in [9.17, 15) is 0 Å². The summed E-state index contributed by atoms with van der Waals surface area (Å²) in [6.07, 6.45) is 6.31. The molecule has 0 N–H and O–H groups in total. The molecular formula is C20H28N6O. The average molecular weight is 368 g/mol. The molecule has 1 aromatic rings. The second-order valence-electron chi connectivity index (χ2n) is 7.72. The fraction of sp³-hybridized carbons (Fsp3) is 0.600. The minimum Gasteiger partial charge on any atom is -0.337 e. The number of amidine groups is 1. The Kier molecular flexibility index (Phi) is 4.72. The van der Waals surface area contributed by atoms with Crippen molar-refractivity contribution in [3.63, 3.8) is 0 Å². The van der Waals surface area contributed by atoms with Crippen LogP contribution in [0, 0.1) is 18.8 Å². The lowest BCUT2D eigenvalue weighted by Crippen LogP contribution is -2.44. The Morgan fingerprint density at radius 1 is 1.30 bits per heavy atom. The van der Waals surface area contributed by atoms with Crippen molar-refractivity contribution in [1.29, 1.82) is 0 Å². The molecule has 3 aliphatic rings. The molecule has 0 spiro atoms. The van der Waals surface area contributed by atoms with Crippen LogP contribution >= 0.6 is 0 Å². The van der Waals surface area contributed by atoms with Gasteiger partial charge in [0.1, 0.15) is 5.84 Å². The van der Waals surface area contributed by atoms with E-state index in [1.807, 2.05) is 6.92 Å². The summed E-state index contributed by atoms with van der Waals surface area (Å²) in [6, 6.07) is 0.397. The topological polar surface area (TPSA) is 70.1 Å². The summed E-state index contributed by atoms with van der Waals surface area (Å²) < 4.78 is 5.42. The highest BCUT2D eigenvalue weighted by Crippen LogP contribution is 2.39. The smallest absolute Gasteiger partial charge is 0.254 e. The SMILES string of the molecule is CCC1C(N(C)C2=NCC3=NCN(C)C3C2)=CC=C(c2nc(C)no2)C1C. The maximum atomic E-state index is 5.42. The van der Waals surface area contributed by atoms with Crippen LogP contribution in [-0.2, 0) is 0 Å². The summed E-state index contributed by atoms with van der Waals surface area (Å²) in [5, 5.41) is 3.95. The minimum absolute atomic E-state index is 0.313. The summed E-state index contributed by atoms with van der Waals surface area (Å²) in [4.78, 5) is 18.5. The second-order valence-corrected chi connectivity index (χ2v) is 7.72. The van der Waals surface area contributed by atoms with E-state index >= 15 is 0 Å². The van der Waals surface area contributed by atoms with Gasteiger partial charge in [-0.1, -0.05) is 25.1 Å². The highest BCUT2D eigenvalue weighted by Gasteiger charge is 2.35. The number of aryl methyl sites for hydroxylation is 1. The summed E-state index contributed by atoms with van der Waals surface area (Å²) in [7, 11) is 4.29. The number of hydrogen-bond acceptors (Lipinski definition) is 7. The zero-order valence-electron chi connectivity index (χ0n) is 16.8. The van der Waals surface area contributed by atoms with E-state index in [0.29, 0.717) is 29.6 Å². The Labute approximate surface area is 160 Å². The number of allylic oxidation sites excluding steroid dienone is 4. The third-order valence-corrected chi connectivity index (χ3v) is 6.11. The van der Waals surface area contributed by atoms with Gasteiger partial charge in [0.15, 0.2) is 5.82 Å². The average Bonchev–Trinajstić information content (AvgIpc) is 3.26. The molecule has 1 aromatic heterocycles. The molecule has 0 radical (unpaired) electrons. The number of fused-ring (bicyclic) bond motifs is 1. The van der Waals surface area contributed by atoms with E-state index in [2.05, 4.69) is 65.0 Å². The summed E-state index contributed by atoms with van der Waals surface area (Å²) in [6.45, 7) is 7.85. The van der Waals surface area contributed by atoms with E-state index in [1.165, 1.54) is 11.4 Å². The van der Waals surface area contributed by atoms with Gasteiger partial charge in [-0.15, -0.1) is 0 Å². The van der Waals surface area contributed by atoms with Crippen LogP contribution in [-0.4, -0.2) is 64.8 Å². The number of nitrogens with zero attached hydrogens (tertiary/aromatic N) is 6. The van der Waals surface area contributed by atoms with Gasteiger partial charge >= 0.3 is 0 Å². The van der Waals surface area contributed by atoms with Gasteiger partial charge in [-0.3, -0.25) is 14.9 Å². The third-order valence-electron chi connectivity index (χ3n) is 6.11. The summed E-state index contributed by atoms with van der Waals surface area (Å²) in [5.41, 5.74) is 3.65. The van der Waals surface area contributed by atoms with Crippen LogP contribution in [0.4, 0.5) is 0 Å². The molecule has 0 aromatic carbocycles. The first-order chi connectivity index (χ1) is 13.0. The van der Waals surface area contributed by atoms with Gasteiger partial charge in [-0.2, -0.15) is 4.98 Å². The van der Waals surface area contributed by atoms with Gasteiger partial charge < -0.3 is 9.42 Å². The first kappa shape index (κ1) is 18.1. The number of aliphatic imine (C=N–C) groups is 2. The van der Waals surface area contributed by atoms with Gasteiger partial charge in [0, 0.05) is 30.7 Å². The molecule has 7 heteroatoms. The Morgan fingerprint density at radius 3 is 2.81 bits per heavy atom. The maximum Gasteiger partial charge on any atom is 0.254 e. The molecule has 0 amide bonds. The van der Waals surface area contributed by atoms with Crippen LogP contribution in [0.15, 0.2) is 32.4 Å². The van der Waals surface area contributed by atoms with Crippen molar-refractivity contribution in [1.82, 2.24) is 19.9 Å². The lowest BCUT2D eigenvalue weighted by Gasteiger charge is -2.37. The molecule has 3 atom stereocenters. The highest BCUT2D eigenvalue weighted by atomic mass is 16.5. The van der Waals surface area contributed by atoms with E-state index in [1.54, 1.807) is 0 Å². The van der Waals surface area contributed by atoms with Crippen LogP contribution in [0.3, 0.4) is 0 Å². The molecule has 3 heterocycles. The van der Waals surface area contributed by atoms with Gasteiger partial charge in [0.25, 0.3) is 5.89 Å². The molecule has 144 valence electrons. The van der Waals surface area contributed by atoms with Gasteiger partial charge in [-0.25, -0.2) is 0 Å². The van der Waals surface area contributed by atoms with E-state index in [-0.39, 0.29) is 0 Å². The standard InChI is InChI=1S/C20H28N6O/c1-6-14-12(2)15(20-23-13(3)24-27-20)7-8-17(14)26(5)19-9-18-16(10-21-19)22-11-25(18)4/h7-8,12,14,18H,6,9-11H2,1-5H3. The molecule has 1 aliphatic carbocycles. The predicted molar refractivity (Wildman–Crippen MR) is 107 cm³/mol. The van der Waals surface area contributed by atoms with Crippen molar-refractivity contribution in [2.45, 2.75) is 39.7 Å². The van der Waals surface area contributed by atoms with Gasteiger partial charge in [-0.05, 0) is 32.4 Å². The van der Waals surface area contributed by atoms with E-state index in [4.69, 9.17) is 9.52 Å². The quantitative estimate of drug-likeness (QED) is 0.820. The predicted octanol–water partition coefficient (Wildman–Crippen LogP) is 2.77. The Hall–Kier alpha value is -2.28. The molecule has 0 saturated heterocycles. The summed E-state index contributed by atoms with van der Waals surface area (Å²) in [5.74, 6) is 3.16. The molecule has 3 unspecified atom stereocenters. The largest absolute Gasteiger partial charge is 0.337 e. The van der Waals surface area contributed by atoms with Crippen molar-refractivity contribution < 1.29 is 4.52 Å². The third kappa shape index (κ3) is 3.14. The van der Waals surface area contributed by atoms with Crippen LogP contribution in [0.1, 0.15) is 38.4 Å². The number of hydrogen-bond donors (Lipinski definition) is 0. The Balaban J connectivity index is 1.61. The second kappa shape index (κ2) is 7.03. The zero-order chi connectivity index (χ0) is 19.1. The van der Waals surface area contributed by atoms with E-state index < -0.39 is 0 Å². The van der Waals surface area contributed by atoms with E-state index in [0.717, 1.165) is 37.5 Å². The molecular weight excluding hydrogens is 340 g/mol. The van der Waals surface area contributed by atoms with Crippen molar-refractivity contribution in [2.75, 3.05) is 27.3 Å². The molecule has 0 fully saturated rings. The maximum absolute atomic E-state index is 5.42. The monoisotopic (exact) mass is 368 g/mol. The molecule has 0 bridgehead atoms. The Morgan fingerprint density at radius 2 is 2.11 bits per heavy atom.